The number of aromatic nitrogens is 3. The number of nitrogens with zero attached hydrogens (tertiary/aromatic N) is 4. The molecule has 1 aromatic heterocycles. The van der Waals surface area contributed by atoms with E-state index in [2.05, 4.69) is 20.7 Å². The fourth-order valence-electron chi connectivity index (χ4n) is 3.42. The number of amides is 4. The van der Waals surface area contributed by atoms with E-state index in [0.717, 1.165) is 11.4 Å². The highest BCUT2D eigenvalue weighted by Crippen LogP contribution is 2.19. The van der Waals surface area contributed by atoms with Gasteiger partial charge in [-0.3, -0.25) is 14.9 Å². The molecule has 9 heteroatoms. The molecule has 0 radical (unpaired) electrons. The number of aryl methyl sites for hydroxylation is 1. The molecule has 0 bridgehead atoms. The third kappa shape index (κ3) is 3.67. The van der Waals surface area contributed by atoms with E-state index in [0.29, 0.717) is 37.6 Å². The maximum absolute atomic E-state index is 12.5. The molecular formula is C18H20N6O3. The number of rotatable bonds is 3. The highest BCUT2D eigenvalue weighted by atomic mass is 16.2. The predicted octanol–water partition coefficient (Wildman–Crippen LogP) is 0.839. The van der Waals surface area contributed by atoms with E-state index in [1.54, 1.807) is 17.0 Å². The molecule has 2 aromatic rings. The van der Waals surface area contributed by atoms with Crippen LogP contribution in [0.1, 0.15) is 23.6 Å². The van der Waals surface area contributed by atoms with Crippen molar-refractivity contribution >= 4 is 23.5 Å². The van der Waals surface area contributed by atoms with Crippen LogP contribution in [0, 0.1) is 12.8 Å². The first-order chi connectivity index (χ1) is 13.0. The van der Waals surface area contributed by atoms with E-state index in [9.17, 15) is 14.4 Å². The Balaban J connectivity index is 1.35. The van der Waals surface area contributed by atoms with Gasteiger partial charge in [-0.25, -0.2) is 14.5 Å². The van der Waals surface area contributed by atoms with Crippen LogP contribution in [0.3, 0.4) is 0 Å². The molecule has 2 aliphatic heterocycles. The van der Waals surface area contributed by atoms with Crippen molar-refractivity contribution in [2.24, 2.45) is 5.92 Å². The molecule has 1 saturated heterocycles. The topological polar surface area (TPSA) is 109 Å². The Kier molecular flexibility index (Phi) is 4.35. The third-order valence-corrected chi connectivity index (χ3v) is 4.81. The summed E-state index contributed by atoms with van der Waals surface area (Å²) in [6.45, 7) is 3.47. The first kappa shape index (κ1) is 17.2. The van der Waals surface area contributed by atoms with Gasteiger partial charge in [0.15, 0.2) is 0 Å². The maximum Gasteiger partial charge on any atom is 0.322 e. The Morgan fingerprint density at radius 3 is 2.74 bits per heavy atom. The fourth-order valence-corrected chi connectivity index (χ4v) is 3.42. The van der Waals surface area contributed by atoms with Crippen molar-refractivity contribution in [3.63, 3.8) is 0 Å². The number of fused-ring (bicyclic) bond motifs is 1. The van der Waals surface area contributed by atoms with Crippen molar-refractivity contribution in [1.82, 2.24) is 25.0 Å². The average molecular weight is 368 g/mol. The minimum Gasteiger partial charge on any atom is -0.315 e. The number of carbonyl (C=O) groups excluding carboxylic acids is 3. The monoisotopic (exact) mass is 368 g/mol. The van der Waals surface area contributed by atoms with Crippen LogP contribution < -0.4 is 10.6 Å². The van der Waals surface area contributed by atoms with Crippen molar-refractivity contribution in [2.45, 2.75) is 32.9 Å². The molecule has 3 heterocycles. The lowest BCUT2D eigenvalue weighted by molar-refractivity contribution is -0.125. The summed E-state index contributed by atoms with van der Waals surface area (Å²) >= 11 is 0. The maximum atomic E-state index is 12.5. The second kappa shape index (κ2) is 6.82. The zero-order chi connectivity index (χ0) is 19.0. The highest BCUT2D eigenvalue weighted by Gasteiger charge is 2.30. The Labute approximate surface area is 155 Å². The summed E-state index contributed by atoms with van der Waals surface area (Å²) in [5, 5.41) is 9.49. The van der Waals surface area contributed by atoms with Crippen LogP contribution in [-0.2, 0) is 29.1 Å². The summed E-state index contributed by atoms with van der Waals surface area (Å²) in [6.07, 6.45) is 0.739. The van der Waals surface area contributed by atoms with Crippen molar-refractivity contribution in [2.75, 3.05) is 11.9 Å². The first-order valence-electron chi connectivity index (χ1n) is 8.87. The Morgan fingerprint density at radius 1 is 1.26 bits per heavy atom. The molecule has 9 nitrogen and oxygen atoms in total. The number of carbonyl (C=O) groups is 3. The predicted molar refractivity (Wildman–Crippen MR) is 95.6 cm³/mol. The van der Waals surface area contributed by atoms with Crippen LogP contribution in [0.5, 0.6) is 0 Å². The molecule has 0 aliphatic carbocycles. The lowest BCUT2D eigenvalue weighted by Crippen LogP contribution is -2.41. The Morgan fingerprint density at radius 2 is 2.04 bits per heavy atom. The van der Waals surface area contributed by atoms with Gasteiger partial charge < -0.3 is 10.2 Å². The normalized spacial score (nSPS) is 19.0. The van der Waals surface area contributed by atoms with Gasteiger partial charge in [0.05, 0.1) is 19.0 Å². The summed E-state index contributed by atoms with van der Waals surface area (Å²) < 4.78 is 1.83. The van der Waals surface area contributed by atoms with Crippen LogP contribution in [0.25, 0.3) is 0 Å². The molecular weight excluding hydrogens is 348 g/mol. The second-order valence-electron chi connectivity index (χ2n) is 6.86. The van der Waals surface area contributed by atoms with Gasteiger partial charge >= 0.3 is 6.03 Å². The molecule has 1 atom stereocenters. The Bertz CT molecular complexity index is 904. The number of benzene rings is 1. The number of urea groups is 1. The lowest BCUT2D eigenvalue weighted by Gasteiger charge is -2.26. The van der Waals surface area contributed by atoms with Gasteiger partial charge in [-0.05, 0) is 31.0 Å². The van der Waals surface area contributed by atoms with Crippen molar-refractivity contribution in [3.8, 4) is 0 Å². The quantitative estimate of drug-likeness (QED) is 0.781. The molecule has 1 aromatic carbocycles. The SMILES string of the molecule is Cc1nc2n(n1)CCN(C(=O)Nc1ccc(CC3CC(=O)NC3=O)cc1)C2. The molecule has 4 rings (SSSR count). The van der Waals surface area contributed by atoms with Crippen molar-refractivity contribution < 1.29 is 14.4 Å². The smallest absolute Gasteiger partial charge is 0.315 e. The van der Waals surface area contributed by atoms with Crippen molar-refractivity contribution in [1.29, 1.82) is 0 Å². The number of hydrogen-bond donors (Lipinski definition) is 2. The molecule has 0 spiro atoms. The summed E-state index contributed by atoms with van der Waals surface area (Å²) in [5.74, 6) is 0.744. The van der Waals surface area contributed by atoms with E-state index >= 15 is 0 Å². The lowest BCUT2D eigenvalue weighted by atomic mass is 9.98. The third-order valence-electron chi connectivity index (χ3n) is 4.81. The second-order valence-corrected chi connectivity index (χ2v) is 6.86. The molecule has 140 valence electrons. The van der Waals surface area contributed by atoms with Crippen LogP contribution in [-0.4, -0.2) is 44.1 Å². The van der Waals surface area contributed by atoms with E-state index < -0.39 is 0 Å². The van der Waals surface area contributed by atoms with E-state index in [1.165, 1.54) is 0 Å². The fraction of sp³-hybridized carbons (Fsp3) is 0.389. The minimum atomic E-state index is -0.313. The van der Waals surface area contributed by atoms with E-state index in [-0.39, 0.29) is 30.2 Å². The molecule has 4 amide bonds. The van der Waals surface area contributed by atoms with Gasteiger partial charge in [0.25, 0.3) is 0 Å². The molecule has 2 N–H and O–H groups in total. The van der Waals surface area contributed by atoms with Gasteiger partial charge in [0.2, 0.25) is 11.8 Å². The molecule has 1 unspecified atom stereocenters. The van der Waals surface area contributed by atoms with Crippen LogP contribution >= 0.6 is 0 Å². The highest BCUT2D eigenvalue weighted by molar-refractivity contribution is 6.03. The zero-order valence-corrected chi connectivity index (χ0v) is 14.9. The number of imide groups is 1. The van der Waals surface area contributed by atoms with Crippen LogP contribution in [0.2, 0.25) is 0 Å². The standard InChI is InChI=1S/C18H20N6O3/c1-11-19-15-10-23(6-7-24(15)22-11)18(27)20-14-4-2-12(3-5-14)8-13-9-16(25)21-17(13)26/h2-5,13H,6-10H2,1H3,(H,20,27)(H,21,25,26). The average Bonchev–Trinajstić information content (AvgIpc) is 3.16. The van der Waals surface area contributed by atoms with Gasteiger partial charge in [-0.15, -0.1) is 0 Å². The van der Waals surface area contributed by atoms with Gasteiger partial charge in [-0.1, -0.05) is 12.1 Å². The number of hydrogen-bond acceptors (Lipinski definition) is 5. The van der Waals surface area contributed by atoms with Gasteiger partial charge in [0, 0.05) is 18.7 Å². The molecule has 27 heavy (non-hydrogen) atoms. The number of nitrogens with one attached hydrogen (secondary N) is 2. The zero-order valence-electron chi connectivity index (χ0n) is 14.9. The summed E-state index contributed by atoms with van der Waals surface area (Å²) in [6, 6.07) is 7.15. The van der Waals surface area contributed by atoms with E-state index in [1.807, 2.05) is 23.7 Å². The van der Waals surface area contributed by atoms with Crippen molar-refractivity contribution in [3.05, 3.63) is 41.5 Å². The summed E-state index contributed by atoms with van der Waals surface area (Å²) in [5.41, 5.74) is 1.63. The summed E-state index contributed by atoms with van der Waals surface area (Å²) in [7, 11) is 0. The summed E-state index contributed by atoms with van der Waals surface area (Å²) in [4.78, 5) is 41.5. The van der Waals surface area contributed by atoms with Gasteiger partial charge in [0.1, 0.15) is 11.6 Å². The van der Waals surface area contributed by atoms with Gasteiger partial charge in [-0.2, -0.15) is 5.10 Å². The van der Waals surface area contributed by atoms with Crippen LogP contribution in [0.15, 0.2) is 24.3 Å². The Hall–Kier alpha value is -3.23. The molecule has 0 saturated carbocycles. The van der Waals surface area contributed by atoms with Crippen LogP contribution in [0.4, 0.5) is 10.5 Å². The first-order valence-corrected chi connectivity index (χ1v) is 8.87. The molecule has 1 fully saturated rings. The van der Waals surface area contributed by atoms with E-state index in [4.69, 9.17) is 0 Å². The number of anilines is 1. The largest absolute Gasteiger partial charge is 0.322 e. The molecule has 2 aliphatic rings. The minimum absolute atomic E-state index is 0.185.